The van der Waals surface area contributed by atoms with E-state index in [1.165, 1.54) is 11.3 Å². The largest absolute Gasteiger partial charge is 0.379 e. The number of halogens is 1. The van der Waals surface area contributed by atoms with Crippen LogP contribution in [0, 0.1) is 0 Å². The van der Waals surface area contributed by atoms with Gasteiger partial charge in [0.2, 0.25) is 5.91 Å². The Morgan fingerprint density at radius 3 is 2.67 bits per heavy atom. The maximum absolute atomic E-state index is 12.9. The third-order valence-electron chi connectivity index (χ3n) is 4.18. The minimum atomic E-state index is -0.252. The van der Waals surface area contributed by atoms with Gasteiger partial charge in [-0.15, -0.1) is 11.3 Å². The van der Waals surface area contributed by atoms with Crippen LogP contribution < -0.4 is 5.32 Å². The molecule has 0 saturated carbocycles. The number of hydrogen-bond donors (Lipinski definition) is 1. The lowest BCUT2D eigenvalue weighted by Gasteiger charge is -2.30. The van der Waals surface area contributed by atoms with Crippen LogP contribution in [0.15, 0.2) is 40.3 Å². The fourth-order valence-corrected chi connectivity index (χ4v) is 3.54. The Hall–Kier alpha value is -1.81. The molecule has 1 saturated heterocycles. The van der Waals surface area contributed by atoms with Crippen molar-refractivity contribution in [3.05, 3.63) is 45.9 Å². The average molecular weight is 453 g/mol. The van der Waals surface area contributed by atoms with E-state index in [1.54, 1.807) is 28.6 Å². The van der Waals surface area contributed by atoms with Crippen molar-refractivity contribution in [1.82, 2.24) is 14.8 Å². The van der Waals surface area contributed by atoms with E-state index in [1.807, 2.05) is 12.1 Å². The predicted octanol–water partition coefficient (Wildman–Crippen LogP) is 2.32. The monoisotopic (exact) mass is 452 g/mol. The summed E-state index contributed by atoms with van der Waals surface area (Å²) in [4.78, 5) is 33.2. The standard InChI is InChI=1S/C18H21BrN4O3S/c19-15-3-1-14(2-4-15)17(25)23(7-6-22-8-10-26-11-9-22)13-16(24)21-18-20-5-12-27-18/h1-5,12H,6-11,13H2,(H,20,21,24). The number of nitrogens with one attached hydrogen (secondary N) is 1. The molecule has 0 bridgehead atoms. The first-order chi connectivity index (χ1) is 13.1. The van der Waals surface area contributed by atoms with Gasteiger partial charge in [-0.05, 0) is 24.3 Å². The molecule has 27 heavy (non-hydrogen) atoms. The molecular formula is C18H21BrN4O3S. The van der Waals surface area contributed by atoms with Crippen molar-refractivity contribution in [2.24, 2.45) is 0 Å². The number of aromatic nitrogens is 1. The van der Waals surface area contributed by atoms with E-state index in [9.17, 15) is 9.59 Å². The molecule has 1 fully saturated rings. The minimum absolute atomic E-state index is 0.0151. The number of hydrogen-bond acceptors (Lipinski definition) is 6. The molecule has 0 atom stereocenters. The number of morpholine rings is 1. The summed E-state index contributed by atoms with van der Waals surface area (Å²) in [7, 11) is 0. The second-order valence-electron chi connectivity index (χ2n) is 6.07. The summed E-state index contributed by atoms with van der Waals surface area (Å²) in [6.45, 7) is 4.24. The van der Waals surface area contributed by atoms with E-state index in [4.69, 9.17) is 4.74 Å². The van der Waals surface area contributed by atoms with E-state index < -0.39 is 0 Å². The number of carbonyl (C=O) groups is 2. The molecule has 2 amide bonds. The van der Waals surface area contributed by atoms with E-state index in [0.717, 1.165) is 17.6 Å². The number of thiazole rings is 1. The number of ether oxygens (including phenoxy) is 1. The van der Waals surface area contributed by atoms with Crippen molar-refractivity contribution in [2.45, 2.75) is 0 Å². The molecule has 0 spiro atoms. The molecule has 0 radical (unpaired) electrons. The van der Waals surface area contributed by atoms with Gasteiger partial charge >= 0.3 is 0 Å². The number of benzene rings is 1. The Labute approximate surface area is 170 Å². The predicted molar refractivity (Wildman–Crippen MR) is 108 cm³/mol. The van der Waals surface area contributed by atoms with Crippen LogP contribution in [0.3, 0.4) is 0 Å². The number of rotatable bonds is 7. The third-order valence-corrected chi connectivity index (χ3v) is 5.40. The van der Waals surface area contributed by atoms with Gasteiger partial charge in [0, 0.05) is 47.8 Å². The molecule has 1 aliphatic rings. The highest BCUT2D eigenvalue weighted by molar-refractivity contribution is 9.10. The molecule has 144 valence electrons. The summed E-state index contributed by atoms with van der Waals surface area (Å²) < 4.78 is 6.26. The summed E-state index contributed by atoms with van der Waals surface area (Å²) >= 11 is 4.72. The highest BCUT2D eigenvalue weighted by Gasteiger charge is 2.21. The van der Waals surface area contributed by atoms with Crippen LogP contribution >= 0.6 is 27.3 Å². The van der Waals surface area contributed by atoms with Gasteiger partial charge in [-0.1, -0.05) is 15.9 Å². The fourth-order valence-electron chi connectivity index (χ4n) is 2.73. The molecule has 0 unspecified atom stereocenters. The van der Waals surface area contributed by atoms with Crippen LogP contribution in [-0.2, 0) is 9.53 Å². The first kappa shape index (κ1) is 19.9. The van der Waals surface area contributed by atoms with E-state index in [-0.39, 0.29) is 18.4 Å². The molecule has 1 aromatic heterocycles. The van der Waals surface area contributed by atoms with Gasteiger partial charge in [0.15, 0.2) is 5.13 Å². The zero-order chi connectivity index (χ0) is 19.1. The summed E-state index contributed by atoms with van der Waals surface area (Å²) in [5, 5.41) is 5.06. The van der Waals surface area contributed by atoms with E-state index >= 15 is 0 Å². The third kappa shape index (κ3) is 6.10. The van der Waals surface area contributed by atoms with Crippen LogP contribution in [-0.4, -0.2) is 72.5 Å². The Morgan fingerprint density at radius 2 is 2.00 bits per heavy atom. The summed E-state index contributed by atoms with van der Waals surface area (Å²) in [6.07, 6.45) is 1.63. The molecule has 7 nitrogen and oxygen atoms in total. The lowest BCUT2D eigenvalue weighted by Crippen LogP contribution is -2.45. The van der Waals surface area contributed by atoms with Crippen LogP contribution in [0.5, 0.6) is 0 Å². The summed E-state index contributed by atoms with van der Waals surface area (Å²) in [5.74, 6) is -0.414. The maximum atomic E-state index is 12.9. The summed E-state index contributed by atoms with van der Waals surface area (Å²) in [5.41, 5.74) is 0.558. The van der Waals surface area contributed by atoms with E-state index in [0.29, 0.717) is 37.0 Å². The second-order valence-corrected chi connectivity index (χ2v) is 7.88. The molecule has 2 heterocycles. The average Bonchev–Trinajstić information content (AvgIpc) is 3.19. The molecular weight excluding hydrogens is 432 g/mol. The lowest BCUT2D eigenvalue weighted by atomic mass is 10.2. The van der Waals surface area contributed by atoms with Gasteiger partial charge in [-0.2, -0.15) is 0 Å². The Balaban J connectivity index is 1.65. The Kier molecular flexibility index (Phi) is 7.33. The Morgan fingerprint density at radius 1 is 1.26 bits per heavy atom. The Bertz CT molecular complexity index is 748. The molecule has 9 heteroatoms. The number of anilines is 1. The molecule has 2 aromatic rings. The molecule has 1 aromatic carbocycles. The van der Waals surface area contributed by atoms with Gasteiger partial charge in [-0.25, -0.2) is 4.98 Å². The maximum Gasteiger partial charge on any atom is 0.254 e. The topological polar surface area (TPSA) is 74.8 Å². The first-order valence-corrected chi connectivity index (χ1v) is 10.3. The van der Waals surface area contributed by atoms with Crippen molar-refractivity contribution < 1.29 is 14.3 Å². The van der Waals surface area contributed by atoms with Gasteiger partial charge < -0.3 is 15.0 Å². The number of amides is 2. The number of carbonyl (C=O) groups excluding carboxylic acids is 2. The highest BCUT2D eigenvalue weighted by Crippen LogP contribution is 2.14. The summed E-state index contributed by atoms with van der Waals surface area (Å²) in [6, 6.07) is 7.16. The zero-order valence-corrected chi connectivity index (χ0v) is 17.2. The smallest absolute Gasteiger partial charge is 0.254 e. The van der Waals surface area contributed by atoms with Gasteiger partial charge in [0.25, 0.3) is 5.91 Å². The zero-order valence-electron chi connectivity index (χ0n) is 14.8. The SMILES string of the molecule is O=C(CN(CCN1CCOCC1)C(=O)c1ccc(Br)cc1)Nc1nccs1. The first-order valence-electron chi connectivity index (χ1n) is 8.66. The fraction of sp³-hybridized carbons (Fsp3) is 0.389. The van der Waals surface area contributed by atoms with Crippen molar-refractivity contribution >= 4 is 44.2 Å². The molecule has 1 aliphatic heterocycles. The van der Waals surface area contributed by atoms with Crippen molar-refractivity contribution in [1.29, 1.82) is 0 Å². The van der Waals surface area contributed by atoms with Crippen molar-refractivity contribution in [3.63, 3.8) is 0 Å². The minimum Gasteiger partial charge on any atom is -0.379 e. The van der Waals surface area contributed by atoms with Crippen LogP contribution in [0.2, 0.25) is 0 Å². The van der Waals surface area contributed by atoms with E-state index in [2.05, 4.69) is 31.1 Å². The lowest BCUT2D eigenvalue weighted by molar-refractivity contribution is -0.117. The van der Waals surface area contributed by atoms with Crippen molar-refractivity contribution in [2.75, 3.05) is 51.3 Å². The van der Waals surface area contributed by atoms with Gasteiger partial charge in [0.1, 0.15) is 6.54 Å². The van der Waals surface area contributed by atoms with Crippen molar-refractivity contribution in [3.8, 4) is 0 Å². The molecule has 1 N–H and O–H groups in total. The van der Waals surface area contributed by atoms with Crippen LogP contribution in [0.25, 0.3) is 0 Å². The molecule has 3 rings (SSSR count). The van der Waals surface area contributed by atoms with Crippen LogP contribution in [0.4, 0.5) is 5.13 Å². The quantitative estimate of drug-likeness (QED) is 0.697. The normalized spacial score (nSPS) is 14.7. The van der Waals surface area contributed by atoms with Gasteiger partial charge in [0.05, 0.1) is 13.2 Å². The molecule has 0 aliphatic carbocycles. The van der Waals surface area contributed by atoms with Gasteiger partial charge in [-0.3, -0.25) is 14.5 Å². The highest BCUT2D eigenvalue weighted by atomic mass is 79.9. The number of nitrogens with zero attached hydrogens (tertiary/aromatic N) is 3. The van der Waals surface area contributed by atoms with Crippen LogP contribution in [0.1, 0.15) is 10.4 Å². The second kappa shape index (κ2) is 9.93.